The van der Waals surface area contributed by atoms with Gasteiger partial charge in [-0.25, -0.2) is 0 Å². The summed E-state index contributed by atoms with van der Waals surface area (Å²) in [4.78, 5) is 2.34. The Morgan fingerprint density at radius 2 is 1.71 bits per heavy atom. The van der Waals surface area contributed by atoms with E-state index in [1.807, 2.05) is 0 Å². The SMILES string of the molecule is CCCNCCCN(C)c1cc(C)cc(C)c1. The van der Waals surface area contributed by atoms with Crippen molar-refractivity contribution < 1.29 is 0 Å². The summed E-state index contributed by atoms with van der Waals surface area (Å²) in [6.07, 6.45) is 2.41. The zero-order valence-electron chi connectivity index (χ0n) is 11.7. The smallest absolute Gasteiger partial charge is 0.0368 e. The molecule has 1 aromatic carbocycles. The first-order valence-corrected chi connectivity index (χ1v) is 6.63. The largest absolute Gasteiger partial charge is 0.375 e. The van der Waals surface area contributed by atoms with Crippen LogP contribution < -0.4 is 10.2 Å². The number of anilines is 1. The van der Waals surface area contributed by atoms with E-state index in [2.05, 4.69) is 56.2 Å². The molecule has 1 aromatic rings. The topological polar surface area (TPSA) is 15.3 Å². The zero-order valence-corrected chi connectivity index (χ0v) is 11.7. The van der Waals surface area contributed by atoms with Gasteiger partial charge in [-0.1, -0.05) is 13.0 Å². The van der Waals surface area contributed by atoms with Gasteiger partial charge in [0, 0.05) is 19.3 Å². The van der Waals surface area contributed by atoms with Crippen molar-refractivity contribution in [3.05, 3.63) is 29.3 Å². The van der Waals surface area contributed by atoms with Gasteiger partial charge in [0.15, 0.2) is 0 Å². The normalized spacial score (nSPS) is 10.6. The molecule has 17 heavy (non-hydrogen) atoms. The summed E-state index contributed by atoms with van der Waals surface area (Å²) < 4.78 is 0. The standard InChI is InChI=1S/C15H26N2/c1-5-7-16-8-6-9-17(4)15-11-13(2)10-14(3)12-15/h10-12,16H,5-9H2,1-4H3. The molecule has 2 heteroatoms. The fourth-order valence-corrected chi connectivity index (χ4v) is 2.04. The summed E-state index contributed by atoms with van der Waals surface area (Å²) in [6.45, 7) is 9.88. The first-order valence-electron chi connectivity index (χ1n) is 6.63. The van der Waals surface area contributed by atoms with Gasteiger partial charge in [-0.05, 0) is 63.0 Å². The van der Waals surface area contributed by atoms with Crippen LogP contribution in [-0.2, 0) is 0 Å². The molecule has 0 fully saturated rings. The Morgan fingerprint density at radius 3 is 2.29 bits per heavy atom. The summed E-state index contributed by atoms with van der Waals surface area (Å²) in [5, 5.41) is 3.44. The fourth-order valence-electron chi connectivity index (χ4n) is 2.04. The van der Waals surface area contributed by atoms with Gasteiger partial charge in [-0.3, -0.25) is 0 Å². The third-order valence-corrected chi connectivity index (χ3v) is 2.92. The van der Waals surface area contributed by atoms with Gasteiger partial charge < -0.3 is 10.2 Å². The van der Waals surface area contributed by atoms with E-state index in [0.717, 1.165) is 19.6 Å². The molecule has 0 radical (unpaired) electrons. The van der Waals surface area contributed by atoms with Crippen molar-refractivity contribution in [2.75, 3.05) is 31.6 Å². The van der Waals surface area contributed by atoms with E-state index in [1.165, 1.54) is 29.7 Å². The van der Waals surface area contributed by atoms with Crippen molar-refractivity contribution in [2.45, 2.75) is 33.6 Å². The Morgan fingerprint density at radius 1 is 1.06 bits per heavy atom. The predicted molar refractivity (Wildman–Crippen MR) is 77.0 cm³/mol. The van der Waals surface area contributed by atoms with Crippen LogP contribution in [0.25, 0.3) is 0 Å². The van der Waals surface area contributed by atoms with Gasteiger partial charge in [0.05, 0.1) is 0 Å². The molecule has 0 atom stereocenters. The summed E-state index contributed by atoms with van der Waals surface area (Å²) in [6, 6.07) is 6.74. The van der Waals surface area contributed by atoms with E-state index in [1.54, 1.807) is 0 Å². The molecular weight excluding hydrogens is 208 g/mol. The molecule has 0 bridgehead atoms. The number of aryl methyl sites for hydroxylation is 2. The lowest BCUT2D eigenvalue weighted by Gasteiger charge is -2.20. The minimum atomic E-state index is 1.11. The highest BCUT2D eigenvalue weighted by Gasteiger charge is 2.01. The molecule has 2 nitrogen and oxygen atoms in total. The Hall–Kier alpha value is -1.02. The molecule has 0 saturated heterocycles. The molecular formula is C15H26N2. The van der Waals surface area contributed by atoms with E-state index in [4.69, 9.17) is 0 Å². The van der Waals surface area contributed by atoms with Gasteiger partial charge in [-0.2, -0.15) is 0 Å². The zero-order chi connectivity index (χ0) is 12.7. The van der Waals surface area contributed by atoms with E-state index in [-0.39, 0.29) is 0 Å². The molecule has 0 aliphatic heterocycles. The predicted octanol–water partition coefficient (Wildman–Crippen LogP) is 3.13. The van der Waals surface area contributed by atoms with E-state index < -0.39 is 0 Å². The number of benzene rings is 1. The van der Waals surface area contributed by atoms with Crippen LogP contribution in [0, 0.1) is 13.8 Å². The molecule has 1 rings (SSSR count). The van der Waals surface area contributed by atoms with E-state index in [0.29, 0.717) is 0 Å². The Bertz CT molecular complexity index is 313. The first kappa shape index (κ1) is 14.0. The molecule has 0 amide bonds. The Balaban J connectivity index is 2.38. The van der Waals surface area contributed by atoms with Crippen LogP contribution in [0.5, 0.6) is 0 Å². The molecule has 0 saturated carbocycles. The van der Waals surface area contributed by atoms with Crippen LogP contribution >= 0.6 is 0 Å². The van der Waals surface area contributed by atoms with Gasteiger partial charge in [0.1, 0.15) is 0 Å². The van der Waals surface area contributed by atoms with Crippen molar-refractivity contribution >= 4 is 5.69 Å². The van der Waals surface area contributed by atoms with Crippen molar-refractivity contribution in [3.8, 4) is 0 Å². The van der Waals surface area contributed by atoms with Crippen LogP contribution in [0.15, 0.2) is 18.2 Å². The van der Waals surface area contributed by atoms with Crippen LogP contribution in [-0.4, -0.2) is 26.7 Å². The van der Waals surface area contributed by atoms with Crippen molar-refractivity contribution in [2.24, 2.45) is 0 Å². The van der Waals surface area contributed by atoms with Crippen LogP contribution in [0.1, 0.15) is 30.9 Å². The summed E-state index contributed by atoms with van der Waals surface area (Å²) >= 11 is 0. The van der Waals surface area contributed by atoms with E-state index in [9.17, 15) is 0 Å². The van der Waals surface area contributed by atoms with E-state index >= 15 is 0 Å². The fraction of sp³-hybridized carbons (Fsp3) is 0.600. The average Bonchev–Trinajstić information content (AvgIpc) is 2.27. The average molecular weight is 234 g/mol. The highest BCUT2D eigenvalue weighted by molar-refractivity contribution is 5.50. The van der Waals surface area contributed by atoms with Gasteiger partial charge in [0.2, 0.25) is 0 Å². The number of rotatable bonds is 7. The van der Waals surface area contributed by atoms with Gasteiger partial charge in [0.25, 0.3) is 0 Å². The maximum Gasteiger partial charge on any atom is 0.0368 e. The molecule has 0 spiro atoms. The second kappa shape index (κ2) is 7.33. The number of hydrogen-bond acceptors (Lipinski definition) is 2. The van der Waals surface area contributed by atoms with Crippen molar-refractivity contribution in [1.82, 2.24) is 5.32 Å². The molecule has 1 N–H and O–H groups in total. The second-order valence-electron chi connectivity index (χ2n) is 4.87. The molecule has 0 aromatic heterocycles. The first-order chi connectivity index (χ1) is 8.13. The number of nitrogens with zero attached hydrogens (tertiary/aromatic N) is 1. The lowest BCUT2D eigenvalue weighted by Crippen LogP contribution is -2.24. The molecule has 96 valence electrons. The van der Waals surface area contributed by atoms with Gasteiger partial charge >= 0.3 is 0 Å². The second-order valence-corrected chi connectivity index (χ2v) is 4.87. The van der Waals surface area contributed by atoms with Crippen LogP contribution in [0.4, 0.5) is 5.69 Å². The maximum absolute atomic E-state index is 3.44. The minimum Gasteiger partial charge on any atom is -0.375 e. The van der Waals surface area contributed by atoms with Gasteiger partial charge in [-0.15, -0.1) is 0 Å². The molecule has 0 unspecified atom stereocenters. The minimum absolute atomic E-state index is 1.11. The Labute approximate surface area is 106 Å². The quantitative estimate of drug-likeness (QED) is 0.729. The summed E-state index contributed by atoms with van der Waals surface area (Å²) in [5.74, 6) is 0. The highest BCUT2D eigenvalue weighted by Crippen LogP contribution is 2.17. The summed E-state index contributed by atoms with van der Waals surface area (Å²) in [7, 11) is 2.17. The van der Waals surface area contributed by atoms with Crippen LogP contribution in [0.2, 0.25) is 0 Å². The molecule has 0 aliphatic carbocycles. The lowest BCUT2D eigenvalue weighted by atomic mass is 10.1. The summed E-state index contributed by atoms with van der Waals surface area (Å²) in [5.41, 5.74) is 4.02. The number of hydrogen-bond donors (Lipinski definition) is 1. The number of nitrogens with one attached hydrogen (secondary N) is 1. The van der Waals surface area contributed by atoms with Crippen molar-refractivity contribution in [1.29, 1.82) is 0 Å². The monoisotopic (exact) mass is 234 g/mol. The highest BCUT2D eigenvalue weighted by atomic mass is 15.1. The third-order valence-electron chi connectivity index (χ3n) is 2.92. The van der Waals surface area contributed by atoms with Crippen LogP contribution in [0.3, 0.4) is 0 Å². The molecule has 0 heterocycles. The maximum atomic E-state index is 3.44. The molecule has 0 aliphatic rings. The van der Waals surface area contributed by atoms with Crippen molar-refractivity contribution in [3.63, 3.8) is 0 Å². The third kappa shape index (κ3) is 5.22. The lowest BCUT2D eigenvalue weighted by molar-refractivity contribution is 0.637. The Kier molecular flexibility index (Phi) is 6.06.